The second-order valence-electron chi connectivity index (χ2n) is 6.61. The second kappa shape index (κ2) is 9.53. The van der Waals surface area contributed by atoms with Gasteiger partial charge in [-0.2, -0.15) is 0 Å². The van der Waals surface area contributed by atoms with Crippen LogP contribution in [0.25, 0.3) is 0 Å². The molecular formula is C19H26N2O4. The lowest BCUT2D eigenvalue weighted by Crippen LogP contribution is -2.31. The van der Waals surface area contributed by atoms with Gasteiger partial charge in [0.1, 0.15) is 0 Å². The first kappa shape index (κ1) is 17.9. The lowest BCUT2D eigenvalue weighted by atomic mass is 10.1. The summed E-state index contributed by atoms with van der Waals surface area (Å²) >= 11 is 0. The summed E-state index contributed by atoms with van der Waals surface area (Å²) in [5.74, 6) is 0.441. The van der Waals surface area contributed by atoms with E-state index in [1.54, 1.807) is 0 Å². The lowest BCUT2D eigenvalue weighted by molar-refractivity contribution is -0.120. The summed E-state index contributed by atoms with van der Waals surface area (Å²) in [6.07, 6.45) is 2.78. The minimum Gasteiger partial charge on any atom is -0.390 e. The number of hydrogen-bond acceptors (Lipinski definition) is 5. The van der Waals surface area contributed by atoms with Gasteiger partial charge in [0.15, 0.2) is 6.10 Å². The minimum atomic E-state index is -0.0817. The van der Waals surface area contributed by atoms with E-state index >= 15 is 0 Å². The molecule has 0 radical (unpaired) electrons. The van der Waals surface area contributed by atoms with Crippen molar-refractivity contribution >= 4 is 11.6 Å². The van der Waals surface area contributed by atoms with Crippen molar-refractivity contribution < 1.29 is 19.1 Å². The van der Waals surface area contributed by atoms with Gasteiger partial charge in [0.25, 0.3) is 0 Å². The Morgan fingerprint density at radius 2 is 2.20 bits per heavy atom. The Balaban J connectivity index is 1.25. The molecule has 2 heterocycles. The van der Waals surface area contributed by atoms with Crippen molar-refractivity contribution in [3.8, 4) is 0 Å². The molecule has 0 aromatic heterocycles. The molecule has 1 saturated heterocycles. The van der Waals surface area contributed by atoms with E-state index in [-0.39, 0.29) is 12.0 Å². The number of amides is 1. The van der Waals surface area contributed by atoms with E-state index in [1.165, 1.54) is 5.56 Å². The number of nitrogens with one attached hydrogen (secondary N) is 1. The number of carbonyl (C=O) groups excluding carboxylic acids is 1. The van der Waals surface area contributed by atoms with E-state index in [0.717, 1.165) is 31.8 Å². The summed E-state index contributed by atoms with van der Waals surface area (Å²) in [6.45, 7) is 3.38. The molecule has 25 heavy (non-hydrogen) atoms. The Morgan fingerprint density at radius 3 is 3.00 bits per heavy atom. The summed E-state index contributed by atoms with van der Waals surface area (Å²) in [7, 11) is 0. The monoisotopic (exact) mass is 346 g/mol. The summed E-state index contributed by atoms with van der Waals surface area (Å²) in [5, 5.41) is 6.98. The molecule has 2 aliphatic rings. The van der Waals surface area contributed by atoms with E-state index in [0.29, 0.717) is 38.5 Å². The Labute approximate surface area is 148 Å². The van der Waals surface area contributed by atoms with E-state index in [4.69, 9.17) is 14.3 Å². The maximum absolute atomic E-state index is 12.0. The number of oxime groups is 1. The van der Waals surface area contributed by atoms with Gasteiger partial charge in [0.05, 0.1) is 32.0 Å². The lowest BCUT2D eigenvalue weighted by Gasteiger charge is -2.10. The summed E-state index contributed by atoms with van der Waals surface area (Å²) in [4.78, 5) is 17.3. The van der Waals surface area contributed by atoms with Gasteiger partial charge in [-0.25, -0.2) is 0 Å². The van der Waals surface area contributed by atoms with Crippen LogP contribution in [0, 0.1) is 5.92 Å². The molecule has 1 aromatic carbocycles. The van der Waals surface area contributed by atoms with E-state index in [9.17, 15) is 4.79 Å². The molecule has 2 aliphatic heterocycles. The number of rotatable bonds is 9. The Hall–Kier alpha value is -1.92. The van der Waals surface area contributed by atoms with Crippen molar-refractivity contribution in [2.24, 2.45) is 11.1 Å². The van der Waals surface area contributed by atoms with Crippen LogP contribution in [0.4, 0.5) is 0 Å². The molecule has 1 N–H and O–H groups in total. The van der Waals surface area contributed by atoms with Crippen LogP contribution in [0.15, 0.2) is 35.5 Å². The quantitative estimate of drug-likeness (QED) is 0.694. The van der Waals surface area contributed by atoms with Crippen molar-refractivity contribution in [2.75, 3.05) is 33.0 Å². The van der Waals surface area contributed by atoms with Crippen molar-refractivity contribution in [1.29, 1.82) is 0 Å². The predicted molar refractivity (Wildman–Crippen MR) is 94.4 cm³/mol. The maximum Gasteiger partial charge on any atom is 0.225 e. The largest absolute Gasteiger partial charge is 0.390 e. The van der Waals surface area contributed by atoms with Crippen LogP contribution in [0.5, 0.6) is 0 Å². The highest BCUT2D eigenvalue weighted by Gasteiger charge is 2.23. The molecule has 1 amide bonds. The topological polar surface area (TPSA) is 69.2 Å². The fourth-order valence-corrected chi connectivity index (χ4v) is 2.98. The maximum atomic E-state index is 12.0. The van der Waals surface area contributed by atoms with Gasteiger partial charge in [0.2, 0.25) is 5.91 Å². The molecule has 0 bridgehead atoms. The molecule has 0 spiro atoms. The molecule has 1 fully saturated rings. The molecule has 3 rings (SSSR count). The van der Waals surface area contributed by atoms with Crippen LogP contribution in [0.3, 0.4) is 0 Å². The van der Waals surface area contributed by atoms with Gasteiger partial charge in [-0.15, -0.1) is 0 Å². The number of ether oxygens (including phenoxy) is 2. The number of benzene rings is 1. The highest BCUT2D eigenvalue weighted by Crippen LogP contribution is 2.14. The molecule has 1 aromatic rings. The van der Waals surface area contributed by atoms with Gasteiger partial charge in [-0.05, 0) is 18.4 Å². The van der Waals surface area contributed by atoms with Crippen LogP contribution < -0.4 is 5.32 Å². The normalized spacial score (nSPS) is 22.5. The van der Waals surface area contributed by atoms with Crippen LogP contribution in [-0.4, -0.2) is 50.7 Å². The van der Waals surface area contributed by atoms with Gasteiger partial charge >= 0.3 is 0 Å². The average molecular weight is 346 g/mol. The van der Waals surface area contributed by atoms with E-state index in [2.05, 4.69) is 22.6 Å². The smallest absolute Gasteiger partial charge is 0.225 e. The first-order chi connectivity index (χ1) is 12.3. The molecule has 6 heteroatoms. The van der Waals surface area contributed by atoms with Gasteiger partial charge < -0.3 is 19.6 Å². The standard InChI is InChI=1S/C19H26N2O4/c22-19(20-12-16-7-9-23-13-16)11-17-10-18(25-21-17)14-24-8-6-15-4-2-1-3-5-15/h1-5,16,18H,6-14H2,(H,20,22). The third-order valence-electron chi connectivity index (χ3n) is 4.45. The minimum absolute atomic E-state index is 0.0000963. The Morgan fingerprint density at radius 1 is 1.32 bits per heavy atom. The second-order valence-corrected chi connectivity index (χ2v) is 6.61. The van der Waals surface area contributed by atoms with E-state index in [1.807, 2.05) is 18.2 Å². The summed E-state index contributed by atoms with van der Waals surface area (Å²) < 4.78 is 11.0. The van der Waals surface area contributed by atoms with Crippen molar-refractivity contribution in [1.82, 2.24) is 5.32 Å². The highest BCUT2D eigenvalue weighted by atomic mass is 16.7. The third kappa shape index (κ3) is 6.14. The summed E-state index contributed by atoms with van der Waals surface area (Å²) in [6, 6.07) is 10.2. The van der Waals surface area contributed by atoms with Crippen LogP contribution in [0.2, 0.25) is 0 Å². The Kier molecular flexibility index (Phi) is 6.82. The summed E-state index contributed by atoms with van der Waals surface area (Å²) in [5.41, 5.74) is 2.05. The van der Waals surface area contributed by atoms with Crippen molar-refractivity contribution in [3.63, 3.8) is 0 Å². The molecule has 0 aliphatic carbocycles. The van der Waals surface area contributed by atoms with Crippen molar-refractivity contribution in [3.05, 3.63) is 35.9 Å². The zero-order valence-corrected chi connectivity index (χ0v) is 14.5. The average Bonchev–Trinajstić information content (AvgIpc) is 3.30. The molecule has 2 atom stereocenters. The fourth-order valence-electron chi connectivity index (χ4n) is 2.98. The number of carbonyl (C=O) groups is 1. The number of nitrogens with zero attached hydrogens (tertiary/aromatic N) is 1. The van der Waals surface area contributed by atoms with Gasteiger partial charge in [-0.3, -0.25) is 4.79 Å². The molecule has 6 nitrogen and oxygen atoms in total. The van der Waals surface area contributed by atoms with Crippen LogP contribution in [0.1, 0.15) is 24.8 Å². The van der Waals surface area contributed by atoms with Gasteiger partial charge in [-0.1, -0.05) is 35.5 Å². The van der Waals surface area contributed by atoms with E-state index < -0.39 is 0 Å². The van der Waals surface area contributed by atoms with Crippen LogP contribution >= 0.6 is 0 Å². The SMILES string of the molecule is O=C(CC1=NOC(COCCc2ccccc2)C1)NCC1CCOC1. The fraction of sp³-hybridized carbons (Fsp3) is 0.579. The highest BCUT2D eigenvalue weighted by molar-refractivity contribution is 6.01. The van der Waals surface area contributed by atoms with Gasteiger partial charge in [0, 0.05) is 25.5 Å². The van der Waals surface area contributed by atoms with Crippen molar-refractivity contribution in [2.45, 2.75) is 31.8 Å². The van der Waals surface area contributed by atoms with Crippen LogP contribution in [-0.2, 0) is 25.5 Å². The predicted octanol–water partition coefficient (Wildman–Crippen LogP) is 1.93. The zero-order chi connectivity index (χ0) is 17.3. The first-order valence-electron chi connectivity index (χ1n) is 8.97. The number of hydrogen-bond donors (Lipinski definition) is 1. The third-order valence-corrected chi connectivity index (χ3v) is 4.45. The molecule has 2 unspecified atom stereocenters. The zero-order valence-electron chi connectivity index (χ0n) is 14.5. The Bertz CT molecular complexity index is 570. The molecular weight excluding hydrogens is 320 g/mol. The molecule has 136 valence electrons. The first-order valence-corrected chi connectivity index (χ1v) is 8.97. The molecule has 0 saturated carbocycles.